The van der Waals surface area contributed by atoms with Crippen molar-refractivity contribution in [3.8, 4) is 22.3 Å². The maximum absolute atomic E-state index is 10.9. The van der Waals surface area contributed by atoms with Crippen molar-refractivity contribution in [2.75, 3.05) is 9.80 Å². The van der Waals surface area contributed by atoms with Gasteiger partial charge in [-0.3, -0.25) is 9.59 Å². The Morgan fingerprint density at radius 3 is 0.861 bits per heavy atom. The molecule has 0 amide bonds. The molecule has 0 unspecified atom stereocenters. The zero-order chi connectivity index (χ0) is 49.2. The maximum atomic E-state index is 10.9. The molecule has 0 spiro atoms. The van der Waals surface area contributed by atoms with Crippen molar-refractivity contribution < 1.29 is 39.6 Å². The average molecular weight is 954 g/mol. The van der Waals surface area contributed by atoms with E-state index in [1.165, 1.54) is 0 Å². The van der Waals surface area contributed by atoms with Gasteiger partial charge < -0.3 is 30.2 Å². The molecule has 359 valence electrons. The molecule has 0 saturated heterocycles. The topological polar surface area (TPSA) is 156 Å². The lowest BCUT2D eigenvalue weighted by atomic mass is 10.0. The third-order valence-corrected chi connectivity index (χ3v) is 11.2. The maximum Gasteiger partial charge on any atom is 0.328 e. The van der Waals surface area contributed by atoms with Crippen molar-refractivity contribution >= 4 is 78.6 Å². The molecule has 0 bridgehead atoms. The molecule has 4 N–H and O–H groups in total. The van der Waals surface area contributed by atoms with Gasteiger partial charge in [0.05, 0.1) is 0 Å². The highest BCUT2D eigenvalue weighted by molar-refractivity contribution is 5.87. The van der Waals surface area contributed by atoms with Crippen molar-refractivity contribution in [3.05, 3.63) is 241 Å². The fraction of sp³-hybridized carbons (Fsp3) is 0.0820. The summed E-state index contributed by atoms with van der Waals surface area (Å²) in [5.41, 5.74) is 13.7. The Bertz CT molecular complexity index is 2920. The lowest BCUT2D eigenvalue weighted by molar-refractivity contribution is -0.138. The summed E-state index contributed by atoms with van der Waals surface area (Å²) in [5.74, 6) is -3.60. The van der Waals surface area contributed by atoms with Crippen LogP contribution in [0.3, 0.4) is 0 Å². The zero-order valence-electron chi connectivity index (χ0n) is 38.7. The standard InChI is InChI=1S/C30H27NO4.C30H23NO4.CH4.B/c2*32-29(33)20-10-22-6-14-26(15-7-22)31(27-16-8-23(9-17-27)11-21-30(34)35)28-18-12-25(13-19-28)24-4-2-1-3-5-24;;/h1-9,12-19H,10-11,20-21H2,(H,32,33)(H,34,35);1-21H,(H,32,33)(H,34,35);1H4;/b;20-10+,21-11+;;. The van der Waals surface area contributed by atoms with Crippen LogP contribution in [0.4, 0.5) is 34.1 Å². The van der Waals surface area contributed by atoms with Crippen LogP contribution in [0.1, 0.15) is 42.5 Å². The van der Waals surface area contributed by atoms with E-state index in [0.29, 0.717) is 12.8 Å². The van der Waals surface area contributed by atoms with Crippen LogP contribution < -0.4 is 9.80 Å². The predicted molar refractivity (Wildman–Crippen MR) is 291 cm³/mol. The molecule has 0 saturated carbocycles. The molecule has 8 aromatic rings. The number of benzene rings is 8. The van der Waals surface area contributed by atoms with E-state index in [-0.39, 0.29) is 28.7 Å². The molecule has 8 rings (SSSR count). The molecule has 11 heteroatoms. The highest BCUT2D eigenvalue weighted by Gasteiger charge is 2.15. The van der Waals surface area contributed by atoms with E-state index >= 15 is 0 Å². The summed E-state index contributed by atoms with van der Waals surface area (Å²) in [4.78, 5) is 47.7. The molecule has 8 aromatic carbocycles. The van der Waals surface area contributed by atoms with Crippen LogP contribution >= 0.6 is 0 Å². The van der Waals surface area contributed by atoms with Crippen LogP contribution in [0.2, 0.25) is 0 Å². The first-order chi connectivity index (χ1) is 34.0. The number of carbonyl (C=O) groups is 4. The van der Waals surface area contributed by atoms with Crippen LogP contribution in [0.15, 0.2) is 218 Å². The molecule has 3 radical (unpaired) electrons. The van der Waals surface area contributed by atoms with Gasteiger partial charge in [0.25, 0.3) is 0 Å². The number of carboxylic acid groups (broad SMARTS) is 4. The van der Waals surface area contributed by atoms with Crippen molar-refractivity contribution in [2.45, 2.75) is 33.1 Å². The molecular formula is C61H54BN2O8. The minimum Gasteiger partial charge on any atom is -0.481 e. The van der Waals surface area contributed by atoms with E-state index in [2.05, 4.69) is 82.6 Å². The van der Waals surface area contributed by atoms with Gasteiger partial charge in [-0.05, 0) is 142 Å². The monoisotopic (exact) mass is 953 g/mol. The number of rotatable bonds is 18. The molecular weight excluding hydrogens is 899 g/mol. The molecule has 0 aliphatic heterocycles. The van der Waals surface area contributed by atoms with Gasteiger partial charge in [0.2, 0.25) is 0 Å². The minimum absolute atomic E-state index is 0. The van der Waals surface area contributed by atoms with Gasteiger partial charge in [0.1, 0.15) is 0 Å². The van der Waals surface area contributed by atoms with Crippen molar-refractivity contribution in [1.82, 2.24) is 0 Å². The summed E-state index contributed by atoms with van der Waals surface area (Å²) >= 11 is 0. The van der Waals surface area contributed by atoms with Crippen LogP contribution in [-0.4, -0.2) is 52.7 Å². The van der Waals surface area contributed by atoms with E-state index in [1.807, 2.05) is 133 Å². The largest absolute Gasteiger partial charge is 0.481 e. The van der Waals surface area contributed by atoms with E-state index in [9.17, 15) is 19.2 Å². The number of aliphatic carboxylic acids is 4. The number of carboxylic acids is 4. The van der Waals surface area contributed by atoms with E-state index in [4.69, 9.17) is 20.4 Å². The fourth-order valence-electron chi connectivity index (χ4n) is 7.69. The number of hydrogen-bond acceptors (Lipinski definition) is 6. The van der Waals surface area contributed by atoms with Crippen LogP contribution in [0, 0.1) is 0 Å². The van der Waals surface area contributed by atoms with Gasteiger partial charge in [0.15, 0.2) is 0 Å². The van der Waals surface area contributed by atoms with Gasteiger partial charge in [0, 0.05) is 67.5 Å². The Morgan fingerprint density at radius 1 is 0.347 bits per heavy atom. The first kappa shape index (κ1) is 53.7. The summed E-state index contributed by atoms with van der Waals surface area (Å²) in [6.45, 7) is 0. The molecule has 0 aromatic heterocycles. The van der Waals surface area contributed by atoms with E-state index in [1.54, 1.807) is 12.2 Å². The minimum atomic E-state index is -0.994. The Kier molecular flexibility index (Phi) is 19.8. The van der Waals surface area contributed by atoms with Crippen LogP contribution in [0.25, 0.3) is 34.4 Å². The number of hydrogen-bond donors (Lipinski definition) is 4. The summed E-state index contributed by atoms with van der Waals surface area (Å²) < 4.78 is 0. The van der Waals surface area contributed by atoms with Gasteiger partial charge in [-0.15, -0.1) is 0 Å². The predicted octanol–water partition coefficient (Wildman–Crippen LogP) is 14.1. The third-order valence-electron chi connectivity index (χ3n) is 11.2. The normalized spacial score (nSPS) is 10.6. The van der Waals surface area contributed by atoms with E-state index < -0.39 is 23.9 Å². The Morgan fingerprint density at radius 2 is 0.597 bits per heavy atom. The summed E-state index contributed by atoms with van der Waals surface area (Å²) in [6.07, 6.45) is 6.49. The van der Waals surface area contributed by atoms with Crippen molar-refractivity contribution in [1.29, 1.82) is 0 Å². The second-order valence-electron chi connectivity index (χ2n) is 16.1. The molecule has 10 nitrogen and oxygen atoms in total. The molecule has 72 heavy (non-hydrogen) atoms. The smallest absolute Gasteiger partial charge is 0.328 e. The van der Waals surface area contributed by atoms with Gasteiger partial charge in [-0.1, -0.05) is 141 Å². The van der Waals surface area contributed by atoms with Crippen LogP contribution in [-0.2, 0) is 32.0 Å². The lowest BCUT2D eigenvalue weighted by Gasteiger charge is -2.26. The van der Waals surface area contributed by atoms with Gasteiger partial charge in [-0.2, -0.15) is 0 Å². The van der Waals surface area contributed by atoms with Crippen molar-refractivity contribution in [3.63, 3.8) is 0 Å². The lowest BCUT2D eigenvalue weighted by Crippen LogP contribution is -2.10. The number of nitrogens with zero attached hydrogens (tertiary/aromatic N) is 2. The highest BCUT2D eigenvalue weighted by atomic mass is 16.4. The Labute approximate surface area is 422 Å². The zero-order valence-corrected chi connectivity index (χ0v) is 38.7. The van der Waals surface area contributed by atoms with Gasteiger partial charge >= 0.3 is 23.9 Å². The SMILES string of the molecule is C.O=C(O)/C=C/c1ccc(N(c2ccc(/C=C/C(=O)O)cc2)c2ccc(-c3ccccc3)cc2)cc1.O=C(O)CCc1ccc(N(c2ccc(CCC(=O)O)cc2)c2ccc(-c3ccccc3)cc2)cc1.[B]. The number of anilines is 6. The second-order valence-corrected chi connectivity index (χ2v) is 16.1. The summed E-state index contributed by atoms with van der Waals surface area (Å²) in [7, 11) is 0. The number of aryl methyl sites for hydroxylation is 2. The van der Waals surface area contributed by atoms with Crippen LogP contribution in [0.5, 0.6) is 0 Å². The van der Waals surface area contributed by atoms with E-state index in [0.717, 1.165) is 90.8 Å². The van der Waals surface area contributed by atoms with Crippen molar-refractivity contribution in [2.24, 2.45) is 0 Å². The Balaban J connectivity index is 0.000000260. The molecule has 0 aliphatic rings. The molecule has 0 heterocycles. The summed E-state index contributed by atoms with van der Waals surface area (Å²) in [5, 5.41) is 35.7. The summed E-state index contributed by atoms with van der Waals surface area (Å²) in [6, 6.07) is 68.0. The third kappa shape index (κ3) is 15.4. The first-order valence-corrected chi connectivity index (χ1v) is 22.5. The molecule has 0 atom stereocenters. The second kappa shape index (κ2) is 26.5. The highest BCUT2D eigenvalue weighted by Crippen LogP contribution is 2.38. The first-order valence-electron chi connectivity index (χ1n) is 22.5. The fourth-order valence-corrected chi connectivity index (χ4v) is 7.69. The Hall–Kier alpha value is -9.22. The molecule has 0 aliphatic carbocycles. The van der Waals surface area contributed by atoms with Gasteiger partial charge in [-0.25, -0.2) is 9.59 Å². The molecule has 0 fully saturated rings. The quantitative estimate of drug-likeness (QED) is 0.0482. The average Bonchev–Trinajstić information content (AvgIpc) is 3.39.